The lowest BCUT2D eigenvalue weighted by Crippen LogP contribution is -2.47. The smallest absolute Gasteiger partial charge is 0.0582 e. The van der Waals surface area contributed by atoms with Crippen LogP contribution in [0.15, 0.2) is 97.1 Å². The van der Waals surface area contributed by atoms with Gasteiger partial charge in [-0.05, 0) is 68.8 Å². The van der Waals surface area contributed by atoms with Gasteiger partial charge in [0.05, 0.1) is 16.6 Å². The van der Waals surface area contributed by atoms with Crippen LogP contribution in [0, 0.1) is 11.8 Å². The second kappa shape index (κ2) is 7.79. The molecule has 41 heavy (non-hydrogen) atoms. The molecule has 2 aliphatic carbocycles. The molecule has 9 rings (SSSR count). The van der Waals surface area contributed by atoms with E-state index >= 15 is 0 Å². The summed E-state index contributed by atoms with van der Waals surface area (Å²) in [5.74, 6) is 0.939. The minimum absolute atomic E-state index is 0.0166. The van der Waals surface area contributed by atoms with Crippen molar-refractivity contribution >= 4 is 38.9 Å². The molecule has 0 saturated carbocycles. The third-order valence-corrected chi connectivity index (χ3v) is 10.9. The van der Waals surface area contributed by atoms with Crippen LogP contribution in [0.25, 0.3) is 44.6 Å². The van der Waals surface area contributed by atoms with E-state index in [1.807, 2.05) is 0 Å². The second-order valence-electron chi connectivity index (χ2n) is 13.7. The van der Waals surface area contributed by atoms with Gasteiger partial charge in [0.2, 0.25) is 0 Å². The van der Waals surface area contributed by atoms with Gasteiger partial charge in [-0.1, -0.05) is 131 Å². The van der Waals surface area contributed by atoms with E-state index in [2.05, 4.69) is 135 Å². The van der Waals surface area contributed by atoms with Gasteiger partial charge in [0.15, 0.2) is 0 Å². The van der Waals surface area contributed by atoms with Crippen LogP contribution in [0.3, 0.4) is 0 Å². The van der Waals surface area contributed by atoms with Gasteiger partial charge < -0.3 is 4.57 Å². The van der Waals surface area contributed by atoms with E-state index in [-0.39, 0.29) is 10.8 Å². The Morgan fingerprint density at radius 1 is 0.683 bits per heavy atom. The van der Waals surface area contributed by atoms with E-state index in [0.29, 0.717) is 11.8 Å². The Hall–Kier alpha value is -4.10. The molecule has 2 unspecified atom stereocenters. The molecule has 4 aromatic carbocycles. The largest absolute Gasteiger partial charge is 0.308 e. The molecule has 1 aromatic heterocycles. The number of hydrogen-bond donors (Lipinski definition) is 0. The molecular formula is C40H35N. The standard InChI is InChI=1S/C40H35N/c1-39(2)32-18-9-17-30-31-22-27(25-13-7-14-26(21-25)29-16-8-12-24-11-5-6-15-28(24)29)23-35-37(31)41(36(30)32)38-33(39)19-10-20-34(38)40(35,3)4/h5-12,14-22,25,27H,13,23H2,1-4H3. The van der Waals surface area contributed by atoms with Crippen molar-refractivity contribution in [2.45, 2.75) is 51.4 Å². The topological polar surface area (TPSA) is 4.93 Å². The van der Waals surface area contributed by atoms with Gasteiger partial charge in [0, 0.05) is 21.4 Å². The van der Waals surface area contributed by atoms with Crippen molar-refractivity contribution in [1.29, 1.82) is 0 Å². The highest BCUT2D eigenvalue weighted by molar-refractivity contribution is 5.97. The fourth-order valence-corrected chi connectivity index (χ4v) is 8.75. The summed E-state index contributed by atoms with van der Waals surface area (Å²) in [6.07, 6.45) is 12.2. The molecule has 2 aliphatic heterocycles. The van der Waals surface area contributed by atoms with Gasteiger partial charge in [-0.15, -0.1) is 0 Å². The van der Waals surface area contributed by atoms with Crippen LogP contribution >= 0.6 is 0 Å². The summed E-state index contributed by atoms with van der Waals surface area (Å²) in [5.41, 5.74) is 11.6. The molecule has 4 aliphatic rings. The molecule has 1 nitrogen and oxygen atoms in total. The summed E-state index contributed by atoms with van der Waals surface area (Å²) in [5, 5.41) is 7.02. The zero-order chi connectivity index (χ0) is 27.7. The number of para-hydroxylation sites is 2. The average Bonchev–Trinajstić information content (AvgIpc) is 3.33. The highest BCUT2D eigenvalue weighted by Crippen LogP contribution is 2.51. The minimum Gasteiger partial charge on any atom is -0.308 e. The Balaban J connectivity index is 1.29. The Morgan fingerprint density at radius 2 is 1.39 bits per heavy atom. The van der Waals surface area contributed by atoms with Crippen molar-refractivity contribution in [1.82, 2.24) is 4.57 Å². The summed E-state index contributed by atoms with van der Waals surface area (Å²) in [4.78, 5) is 0. The maximum absolute atomic E-state index is 2.67. The van der Waals surface area contributed by atoms with E-state index < -0.39 is 0 Å². The van der Waals surface area contributed by atoms with E-state index in [4.69, 9.17) is 0 Å². The molecule has 0 radical (unpaired) electrons. The number of benzene rings is 4. The Labute approximate surface area is 241 Å². The molecule has 0 spiro atoms. The normalized spacial score (nSPS) is 22.5. The first kappa shape index (κ1) is 23.6. The number of nitrogens with zero attached hydrogens (tertiary/aromatic N) is 1. The molecule has 0 bridgehead atoms. The van der Waals surface area contributed by atoms with Crippen LogP contribution in [-0.2, 0) is 10.8 Å². The molecule has 0 saturated heterocycles. The molecule has 200 valence electrons. The first-order chi connectivity index (χ1) is 19.9. The van der Waals surface area contributed by atoms with Gasteiger partial charge in [0.25, 0.3) is 0 Å². The van der Waals surface area contributed by atoms with Gasteiger partial charge in [0.1, 0.15) is 0 Å². The molecular weight excluding hydrogens is 494 g/mol. The zero-order valence-corrected chi connectivity index (χ0v) is 24.3. The van der Waals surface area contributed by atoms with Gasteiger partial charge in [-0.2, -0.15) is 0 Å². The third-order valence-electron chi connectivity index (χ3n) is 10.9. The minimum atomic E-state index is -0.0287. The lowest BCUT2D eigenvalue weighted by molar-refractivity contribution is 0.481. The van der Waals surface area contributed by atoms with E-state index in [1.54, 1.807) is 5.57 Å². The fraction of sp³-hybridized carbons (Fsp3) is 0.250. The highest BCUT2D eigenvalue weighted by atomic mass is 15.0. The Kier molecular flexibility index (Phi) is 4.48. The number of fused-ring (bicyclic) bond motifs is 2. The van der Waals surface area contributed by atoms with Crippen molar-refractivity contribution in [3.8, 4) is 5.69 Å². The molecule has 0 amide bonds. The monoisotopic (exact) mass is 529 g/mol. The molecule has 2 atom stereocenters. The van der Waals surface area contributed by atoms with Crippen LogP contribution in [0.4, 0.5) is 0 Å². The van der Waals surface area contributed by atoms with Crippen LogP contribution in [0.1, 0.15) is 62.8 Å². The molecule has 0 fully saturated rings. The summed E-state index contributed by atoms with van der Waals surface area (Å²) in [6, 6.07) is 29.6. The first-order valence-electron chi connectivity index (χ1n) is 15.3. The quantitative estimate of drug-likeness (QED) is 0.217. The third kappa shape index (κ3) is 2.92. The predicted molar refractivity (Wildman–Crippen MR) is 173 cm³/mol. The maximum Gasteiger partial charge on any atom is 0.0582 e. The Bertz CT molecular complexity index is 2160. The number of rotatable bonds is 2. The molecule has 5 aromatic rings. The summed E-state index contributed by atoms with van der Waals surface area (Å²) in [6.45, 7) is 9.79. The van der Waals surface area contributed by atoms with Crippen LogP contribution in [0.5, 0.6) is 0 Å². The summed E-state index contributed by atoms with van der Waals surface area (Å²) < 4.78 is 2.67. The van der Waals surface area contributed by atoms with E-state index in [0.717, 1.165) is 12.8 Å². The van der Waals surface area contributed by atoms with Crippen molar-refractivity contribution in [2.75, 3.05) is 0 Å². The van der Waals surface area contributed by atoms with Crippen LogP contribution < -0.4 is 10.6 Å². The SMILES string of the molecule is CC1(C)C2=c3c(c4cccc5c4n3-c3c1cccc3C5(C)C)=CC(C1C=C(c3cccc4ccccc34)C=CC1)C2. The average molecular weight is 530 g/mol. The fourth-order valence-electron chi connectivity index (χ4n) is 8.75. The number of aromatic nitrogens is 1. The molecule has 3 heterocycles. The van der Waals surface area contributed by atoms with Gasteiger partial charge >= 0.3 is 0 Å². The van der Waals surface area contributed by atoms with Crippen LogP contribution in [0.2, 0.25) is 0 Å². The van der Waals surface area contributed by atoms with Crippen molar-refractivity contribution < 1.29 is 0 Å². The van der Waals surface area contributed by atoms with Crippen molar-refractivity contribution in [3.63, 3.8) is 0 Å². The second-order valence-corrected chi connectivity index (χ2v) is 13.7. The van der Waals surface area contributed by atoms with Crippen molar-refractivity contribution in [2.24, 2.45) is 11.8 Å². The van der Waals surface area contributed by atoms with E-state index in [1.165, 1.54) is 65.8 Å². The van der Waals surface area contributed by atoms with Gasteiger partial charge in [-0.3, -0.25) is 0 Å². The highest BCUT2D eigenvalue weighted by Gasteiger charge is 2.44. The van der Waals surface area contributed by atoms with Crippen LogP contribution in [-0.4, -0.2) is 4.57 Å². The summed E-state index contributed by atoms with van der Waals surface area (Å²) >= 11 is 0. The van der Waals surface area contributed by atoms with E-state index in [9.17, 15) is 0 Å². The lowest BCUT2D eigenvalue weighted by Gasteiger charge is -2.43. The molecule has 1 heteroatoms. The van der Waals surface area contributed by atoms with Gasteiger partial charge in [-0.25, -0.2) is 0 Å². The number of allylic oxidation sites excluding steroid dienone is 4. The maximum atomic E-state index is 2.67. The van der Waals surface area contributed by atoms with Crippen molar-refractivity contribution in [3.05, 3.63) is 130 Å². The summed E-state index contributed by atoms with van der Waals surface area (Å²) in [7, 11) is 0. The Morgan fingerprint density at radius 3 is 2.27 bits per heavy atom. The molecule has 0 N–H and O–H groups in total. The number of hydrogen-bond acceptors (Lipinski definition) is 0. The zero-order valence-electron chi connectivity index (χ0n) is 24.3. The first-order valence-corrected chi connectivity index (χ1v) is 15.3. The lowest BCUT2D eigenvalue weighted by atomic mass is 9.66. The predicted octanol–water partition coefficient (Wildman–Crippen LogP) is 8.33.